The van der Waals surface area contributed by atoms with Gasteiger partial charge in [0.25, 0.3) is 0 Å². The van der Waals surface area contributed by atoms with E-state index in [9.17, 15) is 4.79 Å². The molecule has 0 unspecified atom stereocenters. The van der Waals surface area contributed by atoms with Gasteiger partial charge in [0, 0.05) is 23.3 Å². The molecule has 1 aromatic carbocycles. The molecule has 1 amide bonds. The van der Waals surface area contributed by atoms with Crippen LogP contribution in [-0.2, 0) is 17.9 Å². The second kappa shape index (κ2) is 6.22. The van der Waals surface area contributed by atoms with E-state index in [1.165, 1.54) is 0 Å². The topological polar surface area (TPSA) is 59.0 Å². The summed E-state index contributed by atoms with van der Waals surface area (Å²) in [7, 11) is 0. The first kappa shape index (κ1) is 14.0. The van der Waals surface area contributed by atoms with Gasteiger partial charge in [0.1, 0.15) is 0 Å². The highest BCUT2D eigenvalue weighted by Crippen LogP contribution is 2.33. The molecule has 0 radical (unpaired) electrons. The molecule has 5 nitrogen and oxygen atoms in total. The zero-order chi connectivity index (χ0) is 14.7. The van der Waals surface area contributed by atoms with E-state index < -0.39 is 0 Å². The van der Waals surface area contributed by atoms with Crippen LogP contribution in [0.25, 0.3) is 0 Å². The molecule has 1 aliphatic heterocycles. The van der Waals surface area contributed by atoms with Gasteiger partial charge in [-0.15, -0.1) is 11.8 Å². The summed E-state index contributed by atoms with van der Waals surface area (Å²) in [5, 5.41) is 6.30. The molecule has 0 fully saturated rings. The molecule has 1 aromatic heterocycles. The van der Waals surface area contributed by atoms with Crippen molar-refractivity contribution in [1.29, 1.82) is 0 Å². The number of benzene rings is 1. The van der Waals surface area contributed by atoms with Crippen LogP contribution in [-0.4, -0.2) is 21.2 Å². The molecule has 1 aliphatic rings. The molecule has 0 saturated carbocycles. The number of thioether (sulfide) groups is 1. The number of fused-ring (bicyclic) bond motifs is 1. The molecule has 0 aliphatic carbocycles. The number of imidazole rings is 1. The van der Waals surface area contributed by atoms with Gasteiger partial charge in [-0.1, -0.05) is 6.92 Å². The van der Waals surface area contributed by atoms with Gasteiger partial charge in [-0.05, 0) is 24.6 Å². The van der Waals surface area contributed by atoms with E-state index in [4.69, 9.17) is 0 Å². The number of nitrogens with zero attached hydrogens (tertiary/aromatic N) is 2. The van der Waals surface area contributed by atoms with Crippen molar-refractivity contribution in [1.82, 2.24) is 9.55 Å². The Morgan fingerprint density at radius 3 is 3.24 bits per heavy atom. The van der Waals surface area contributed by atoms with Crippen molar-refractivity contribution in [3.63, 3.8) is 0 Å². The van der Waals surface area contributed by atoms with Crippen molar-refractivity contribution in [2.75, 3.05) is 16.4 Å². The summed E-state index contributed by atoms with van der Waals surface area (Å²) >= 11 is 1.58. The summed E-state index contributed by atoms with van der Waals surface area (Å²) in [4.78, 5) is 16.8. The van der Waals surface area contributed by atoms with Crippen molar-refractivity contribution >= 4 is 29.0 Å². The number of carbonyl (C=O) groups is 1. The summed E-state index contributed by atoms with van der Waals surface area (Å²) in [5.41, 5.74) is 3.05. The van der Waals surface area contributed by atoms with Gasteiger partial charge in [-0.25, -0.2) is 4.98 Å². The lowest BCUT2D eigenvalue weighted by molar-refractivity contribution is -0.113. The number of nitrogens with one attached hydrogen (secondary N) is 2. The zero-order valence-electron chi connectivity index (χ0n) is 11.9. The smallest absolute Gasteiger partial charge is 0.234 e. The van der Waals surface area contributed by atoms with E-state index in [-0.39, 0.29) is 5.91 Å². The standard InChI is InChI=1S/C15H18N4OS/c1-2-5-19-10-16-7-12(19)8-17-11-3-4-14-13(6-11)18-15(20)9-21-14/h3-4,6-7,10,17H,2,5,8-9H2,1H3,(H,18,20). The lowest BCUT2D eigenvalue weighted by Crippen LogP contribution is -2.18. The van der Waals surface area contributed by atoms with Gasteiger partial charge in [0.15, 0.2) is 0 Å². The highest BCUT2D eigenvalue weighted by Gasteiger charge is 2.15. The van der Waals surface area contributed by atoms with E-state index in [0.29, 0.717) is 5.75 Å². The van der Waals surface area contributed by atoms with Crippen molar-refractivity contribution < 1.29 is 4.79 Å². The summed E-state index contributed by atoms with van der Waals surface area (Å²) in [6, 6.07) is 6.08. The zero-order valence-corrected chi connectivity index (χ0v) is 12.7. The van der Waals surface area contributed by atoms with E-state index in [0.717, 1.165) is 41.5 Å². The van der Waals surface area contributed by atoms with Crippen molar-refractivity contribution in [3.05, 3.63) is 36.4 Å². The minimum absolute atomic E-state index is 0.0608. The molecule has 0 saturated heterocycles. The van der Waals surface area contributed by atoms with E-state index in [1.807, 2.05) is 30.7 Å². The van der Waals surface area contributed by atoms with Gasteiger partial charge in [-0.3, -0.25) is 4.79 Å². The Morgan fingerprint density at radius 2 is 2.38 bits per heavy atom. The van der Waals surface area contributed by atoms with E-state index >= 15 is 0 Å². The minimum Gasteiger partial charge on any atom is -0.379 e. The molecular formula is C15H18N4OS. The first-order valence-corrected chi connectivity index (χ1v) is 8.04. The van der Waals surface area contributed by atoms with Gasteiger partial charge >= 0.3 is 0 Å². The number of rotatable bonds is 5. The van der Waals surface area contributed by atoms with Crippen molar-refractivity contribution in [3.8, 4) is 0 Å². The maximum absolute atomic E-state index is 11.4. The van der Waals surface area contributed by atoms with Crippen LogP contribution in [0.5, 0.6) is 0 Å². The molecule has 2 aromatic rings. The highest BCUT2D eigenvalue weighted by atomic mass is 32.2. The van der Waals surface area contributed by atoms with Crippen LogP contribution < -0.4 is 10.6 Å². The lowest BCUT2D eigenvalue weighted by Gasteiger charge is -2.17. The second-order valence-corrected chi connectivity index (χ2v) is 6.00. The molecule has 2 heterocycles. The van der Waals surface area contributed by atoms with Crippen LogP contribution in [0.1, 0.15) is 19.0 Å². The van der Waals surface area contributed by atoms with Crippen LogP contribution >= 0.6 is 11.8 Å². The Kier molecular flexibility index (Phi) is 4.15. The average Bonchev–Trinajstić information content (AvgIpc) is 2.92. The fourth-order valence-corrected chi connectivity index (χ4v) is 3.11. The predicted molar refractivity (Wildman–Crippen MR) is 85.6 cm³/mol. The quantitative estimate of drug-likeness (QED) is 0.891. The molecule has 0 bridgehead atoms. The third-order valence-electron chi connectivity index (χ3n) is 3.35. The summed E-state index contributed by atoms with van der Waals surface area (Å²) in [5.74, 6) is 0.557. The monoisotopic (exact) mass is 302 g/mol. The fourth-order valence-electron chi connectivity index (χ4n) is 2.32. The third-order valence-corrected chi connectivity index (χ3v) is 4.42. The maximum atomic E-state index is 11.4. The van der Waals surface area contributed by atoms with Crippen LogP contribution in [0.4, 0.5) is 11.4 Å². The predicted octanol–water partition coefficient (Wildman–Crippen LogP) is 2.95. The number of hydrogen-bond donors (Lipinski definition) is 2. The lowest BCUT2D eigenvalue weighted by atomic mass is 10.2. The van der Waals surface area contributed by atoms with Crippen LogP contribution in [0.2, 0.25) is 0 Å². The number of amides is 1. The molecular weight excluding hydrogens is 284 g/mol. The van der Waals surface area contributed by atoms with E-state index in [1.54, 1.807) is 11.8 Å². The second-order valence-electron chi connectivity index (χ2n) is 4.98. The third kappa shape index (κ3) is 3.21. The Bertz CT molecular complexity index is 653. The van der Waals surface area contributed by atoms with Gasteiger partial charge in [-0.2, -0.15) is 0 Å². The minimum atomic E-state index is 0.0608. The summed E-state index contributed by atoms with van der Waals surface area (Å²) < 4.78 is 2.16. The molecule has 110 valence electrons. The Hall–Kier alpha value is -1.95. The van der Waals surface area contributed by atoms with Gasteiger partial charge in [0.2, 0.25) is 5.91 Å². The van der Waals surface area contributed by atoms with Crippen LogP contribution in [0, 0.1) is 0 Å². The normalized spacial score (nSPS) is 13.7. The Morgan fingerprint density at radius 1 is 1.48 bits per heavy atom. The SMILES string of the molecule is CCCn1cncc1CNc1ccc2c(c1)NC(=O)CS2. The first-order valence-electron chi connectivity index (χ1n) is 7.06. The average molecular weight is 302 g/mol. The number of aromatic nitrogens is 2. The molecule has 2 N–H and O–H groups in total. The van der Waals surface area contributed by atoms with E-state index in [2.05, 4.69) is 27.1 Å². The Labute approximate surface area is 128 Å². The number of hydrogen-bond acceptors (Lipinski definition) is 4. The molecule has 3 rings (SSSR count). The number of carbonyl (C=O) groups excluding carboxylic acids is 1. The number of anilines is 2. The van der Waals surface area contributed by atoms with Crippen molar-refractivity contribution in [2.45, 2.75) is 31.3 Å². The number of aryl methyl sites for hydroxylation is 1. The molecule has 0 spiro atoms. The Balaban J connectivity index is 1.69. The molecule has 0 atom stereocenters. The van der Waals surface area contributed by atoms with Gasteiger partial charge in [0.05, 0.1) is 30.0 Å². The fraction of sp³-hybridized carbons (Fsp3) is 0.333. The van der Waals surface area contributed by atoms with Crippen molar-refractivity contribution in [2.24, 2.45) is 0 Å². The molecule has 21 heavy (non-hydrogen) atoms. The first-order chi connectivity index (χ1) is 10.3. The largest absolute Gasteiger partial charge is 0.379 e. The van der Waals surface area contributed by atoms with Gasteiger partial charge < -0.3 is 15.2 Å². The maximum Gasteiger partial charge on any atom is 0.234 e. The van der Waals surface area contributed by atoms with Crippen LogP contribution in [0.15, 0.2) is 35.6 Å². The highest BCUT2D eigenvalue weighted by molar-refractivity contribution is 8.00. The molecule has 6 heteroatoms. The summed E-state index contributed by atoms with van der Waals surface area (Å²) in [6.45, 7) is 3.86. The van der Waals surface area contributed by atoms with Crippen LogP contribution in [0.3, 0.4) is 0 Å². The summed E-state index contributed by atoms with van der Waals surface area (Å²) in [6.07, 6.45) is 4.84.